The molecule has 3 rings (SSSR count). The summed E-state index contributed by atoms with van der Waals surface area (Å²) in [6, 6.07) is 12.0. The second kappa shape index (κ2) is 11.9. The third-order valence-electron chi connectivity index (χ3n) is 5.17. The van der Waals surface area contributed by atoms with Crippen LogP contribution in [0.2, 0.25) is 0 Å². The van der Waals surface area contributed by atoms with Gasteiger partial charge in [-0.3, -0.25) is 4.79 Å². The third-order valence-corrected chi connectivity index (χ3v) is 5.17. The number of aryl methyl sites for hydroxylation is 2. The number of benzene rings is 2. The van der Waals surface area contributed by atoms with Gasteiger partial charge in [0.1, 0.15) is 17.3 Å². The van der Waals surface area contributed by atoms with Crippen molar-refractivity contribution in [2.24, 2.45) is 0 Å². The predicted octanol–water partition coefficient (Wildman–Crippen LogP) is 4.63. The van der Waals surface area contributed by atoms with E-state index in [1.165, 1.54) is 0 Å². The van der Waals surface area contributed by atoms with Crippen molar-refractivity contribution in [1.82, 2.24) is 10.3 Å². The van der Waals surface area contributed by atoms with Crippen LogP contribution in [0.3, 0.4) is 0 Å². The number of phenols is 1. The molecule has 0 aliphatic carbocycles. The lowest BCUT2D eigenvalue weighted by Crippen LogP contribution is -2.26. The van der Waals surface area contributed by atoms with E-state index in [1.807, 2.05) is 13.0 Å². The summed E-state index contributed by atoms with van der Waals surface area (Å²) in [5.41, 5.74) is 3.11. The van der Waals surface area contributed by atoms with Gasteiger partial charge >= 0.3 is 12.1 Å². The van der Waals surface area contributed by atoms with Crippen molar-refractivity contribution >= 4 is 12.1 Å². The van der Waals surface area contributed by atoms with Crippen LogP contribution in [0.15, 0.2) is 46.9 Å². The van der Waals surface area contributed by atoms with Crippen LogP contribution < -0.4 is 10.1 Å². The predicted molar refractivity (Wildman–Crippen MR) is 128 cm³/mol. The fourth-order valence-corrected chi connectivity index (χ4v) is 3.42. The molecule has 0 unspecified atom stereocenters. The normalized spacial score (nSPS) is 10.9. The molecule has 0 aliphatic rings. The Morgan fingerprint density at radius 1 is 1.09 bits per heavy atom. The number of aromatic nitrogens is 1. The average Bonchev–Trinajstić information content (AvgIpc) is 3.17. The van der Waals surface area contributed by atoms with E-state index >= 15 is 0 Å². The number of rotatable bonds is 11. The van der Waals surface area contributed by atoms with Gasteiger partial charge in [-0.2, -0.15) is 0 Å². The fraction of sp³-hybridized carbons (Fsp3) is 0.346. The van der Waals surface area contributed by atoms with Crippen molar-refractivity contribution in [1.29, 1.82) is 0 Å². The number of hydrogen-bond acceptors (Lipinski definition) is 7. The van der Waals surface area contributed by atoms with E-state index in [4.69, 9.17) is 19.0 Å². The Morgan fingerprint density at radius 3 is 2.51 bits per heavy atom. The van der Waals surface area contributed by atoms with E-state index < -0.39 is 12.1 Å². The minimum absolute atomic E-state index is 0.0154. The van der Waals surface area contributed by atoms with Crippen LogP contribution in [0, 0.1) is 6.92 Å². The number of alkyl carbamates (subject to hydrolysis) is 1. The Hall–Kier alpha value is -4.01. The second-order valence-corrected chi connectivity index (χ2v) is 8.30. The molecule has 2 aromatic carbocycles. The summed E-state index contributed by atoms with van der Waals surface area (Å²) >= 11 is 0. The highest BCUT2D eigenvalue weighted by molar-refractivity contribution is 5.68. The highest BCUT2D eigenvalue weighted by atomic mass is 16.6. The van der Waals surface area contributed by atoms with Crippen LogP contribution in [-0.2, 0) is 28.9 Å². The third kappa shape index (κ3) is 7.77. The van der Waals surface area contributed by atoms with Gasteiger partial charge in [0.05, 0.1) is 18.4 Å². The molecule has 1 heterocycles. The van der Waals surface area contributed by atoms with Crippen LogP contribution >= 0.6 is 0 Å². The molecule has 0 fully saturated rings. The summed E-state index contributed by atoms with van der Waals surface area (Å²) in [6.07, 6.45) is 0.0532. The Kier molecular flexibility index (Phi) is 8.72. The van der Waals surface area contributed by atoms with Gasteiger partial charge < -0.3 is 29.4 Å². The number of oxazole rings is 1. The van der Waals surface area contributed by atoms with Gasteiger partial charge in [-0.15, -0.1) is 0 Å². The number of nitrogens with zero attached hydrogens (tertiary/aromatic N) is 1. The largest absolute Gasteiger partial charge is 0.508 e. The number of hydrogen-bond donors (Lipinski definition) is 3. The smallest absolute Gasteiger partial charge is 0.407 e. The van der Waals surface area contributed by atoms with Gasteiger partial charge in [0.25, 0.3) is 0 Å². The quantitative estimate of drug-likeness (QED) is 0.361. The monoisotopic (exact) mass is 482 g/mol. The maximum Gasteiger partial charge on any atom is 0.407 e. The van der Waals surface area contributed by atoms with E-state index in [2.05, 4.69) is 10.3 Å². The molecule has 0 spiro atoms. The average molecular weight is 483 g/mol. The fourth-order valence-electron chi connectivity index (χ4n) is 3.42. The number of aromatic hydroxyl groups is 1. The standard InChI is InChI=1S/C26H30N2O7/c1-16(2)34-26(32)27-15-20-14-22(10-6-18(20)7-11-24(30)31)33-13-12-23-17(3)35-25(28-23)19-4-8-21(29)9-5-19/h4-6,8-10,14,16,29H,7,11-13,15H2,1-3H3,(H,27,32)(H,30,31). The minimum atomic E-state index is -0.891. The Morgan fingerprint density at radius 2 is 1.83 bits per heavy atom. The molecule has 9 nitrogen and oxygen atoms in total. The van der Waals surface area contributed by atoms with E-state index in [0.29, 0.717) is 36.8 Å². The second-order valence-electron chi connectivity index (χ2n) is 8.30. The van der Waals surface area contributed by atoms with E-state index in [9.17, 15) is 14.7 Å². The van der Waals surface area contributed by atoms with Crippen molar-refractivity contribution in [3.63, 3.8) is 0 Å². The lowest BCUT2D eigenvalue weighted by molar-refractivity contribution is -0.136. The van der Waals surface area contributed by atoms with Crippen molar-refractivity contribution < 1.29 is 33.7 Å². The van der Waals surface area contributed by atoms with Gasteiger partial charge in [-0.05, 0) is 74.7 Å². The zero-order chi connectivity index (χ0) is 25.4. The number of ether oxygens (including phenoxy) is 2. The molecule has 186 valence electrons. The van der Waals surface area contributed by atoms with Gasteiger partial charge in [0.15, 0.2) is 0 Å². The lowest BCUT2D eigenvalue weighted by Gasteiger charge is -2.14. The van der Waals surface area contributed by atoms with Crippen molar-refractivity contribution in [2.45, 2.75) is 52.7 Å². The summed E-state index contributed by atoms with van der Waals surface area (Å²) in [5.74, 6) is 1.04. The molecule has 1 amide bonds. The van der Waals surface area contributed by atoms with E-state index in [0.717, 1.165) is 22.4 Å². The zero-order valence-electron chi connectivity index (χ0n) is 20.0. The maximum atomic E-state index is 11.9. The first-order valence-electron chi connectivity index (χ1n) is 11.4. The van der Waals surface area contributed by atoms with Gasteiger partial charge in [0.2, 0.25) is 5.89 Å². The number of phenolic OH excluding ortho intramolecular Hbond substituents is 1. The van der Waals surface area contributed by atoms with Crippen LogP contribution in [-0.4, -0.2) is 40.0 Å². The molecular weight excluding hydrogens is 452 g/mol. The molecular formula is C26H30N2O7. The number of amides is 1. The summed E-state index contributed by atoms with van der Waals surface area (Å²) in [6.45, 7) is 5.89. The number of carboxylic acids is 1. The van der Waals surface area contributed by atoms with Crippen molar-refractivity contribution in [2.75, 3.05) is 6.61 Å². The van der Waals surface area contributed by atoms with Crippen molar-refractivity contribution in [3.05, 3.63) is 65.0 Å². The number of aliphatic carboxylic acids is 1. The molecule has 3 N–H and O–H groups in total. The first-order valence-corrected chi connectivity index (χ1v) is 11.4. The first-order chi connectivity index (χ1) is 16.7. The molecule has 35 heavy (non-hydrogen) atoms. The SMILES string of the molecule is Cc1oc(-c2ccc(O)cc2)nc1CCOc1ccc(CCC(=O)O)c(CNC(=O)OC(C)C)c1. The van der Waals surface area contributed by atoms with Gasteiger partial charge in [-0.25, -0.2) is 9.78 Å². The molecule has 0 bridgehead atoms. The number of carboxylic acid groups (broad SMARTS) is 1. The molecule has 0 saturated heterocycles. The summed E-state index contributed by atoms with van der Waals surface area (Å²) in [7, 11) is 0. The zero-order valence-corrected chi connectivity index (χ0v) is 20.0. The highest BCUT2D eigenvalue weighted by Gasteiger charge is 2.13. The van der Waals surface area contributed by atoms with Crippen LogP contribution in [0.1, 0.15) is 42.8 Å². The molecule has 1 aromatic heterocycles. The van der Waals surface area contributed by atoms with E-state index in [1.54, 1.807) is 50.2 Å². The van der Waals surface area contributed by atoms with Crippen LogP contribution in [0.4, 0.5) is 4.79 Å². The molecule has 9 heteroatoms. The topological polar surface area (TPSA) is 131 Å². The minimum Gasteiger partial charge on any atom is -0.508 e. The molecule has 0 radical (unpaired) electrons. The maximum absolute atomic E-state index is 11.9. The number of carbonyl (C=O) groups excluding carboxylic acids is 1. The van der Waals surface area contributed by atoms with Gasteiger partial charge in [0, 0.05) is 24.9 Å². The Bertz CT molecular complexity index is 1150. The van der Waals surface area contributed by atoms with E-state index in [-0.39, 0.29) is 24.8 Å². The molecule has 0 aliphatic heterocycles. The van der Waals surface area contributed by atoms with Crippen LogP contribution in [0.25, 0.3) is 11.5 Å². The Labute approximate surface area is 203 Å². The summed E-state index contributed by atoms with van der Waals surface area (Å²) < 4.78 is 16.8. The Balaban J connectivity index is 1.64. The number of carbonyl (C=O) groups is 2. The summed E-state index contributed by atoms with van der Waals surface area (Å²) in [4.78, 5) is 27.4. The van der Waals surface area contributed by atoms with Crippen LogP contribution in [0.5, 0.6) is 11.5 Å². The first kappa shape index (κ1) is 25.6. The molecule has 0 saturated carbocycles. The molecule has 0 atom stereocenters. The number of nitrogens with one attached hydrogen (secondary N) is 1. The van der Waals surface area contributed by atoms with Gasteiger partial charge in [-0.1, -0.05) is 6.07 Å². The highest BCUT2D eigenvalue weighted by Crippen LogP contribution is 2.24. The summed E-state index contributed by atoms with van der Waals surface area (Å²) in [5, 5.41) is 21.2. The lowest BCUT2D eigenvalue weighted by atomic mass is 10.0. The molecule has 3 aromatic rings. The van der Waals surface area contributed by atoms with Crippen molar-refractivity contribution in [3.8, 4) is 23.0 Å².